The van der Waals surface area contributed by atoms with Crippen molar-refractivity contribution in [2.45, 2.75) is 38.3 Å². The summed E-state index contributed by atoms with van der Waals surface area (Å²) in [6, 6.07) is 1.45. The Morgan fingerprint density at radius 3 is 2.75 bits per heavy atom. The predicted molar refractivity (Wildman–Crippen MR) is 84.2 cm³/mol. The largest absolute Gasteiger partial charge is 0.380 e. The number of aromatic nitrogens is 2. The number of hydrogen-bond acceptors (Lipinski definition) is 4. The van der Waals surface area contributed by atoms with Crippen molar-refractivity contribution in [3.8, 4) is 0 Å². The van der Waals surface area contributed by atoms with Crippen LogP contribution in [0.1, 0.15) is 29.5 Å². The van der Waals surface area contributed by atoms with Crippen LogP contribution in [0.3, 0.4) is 0 Å². The molecule has 0 radical (unpaired) electrons. The van der Waals surface area contributed by atoms with Crippen molar-refractivity contribution in [2.24, 2.45) is 7.05 Å². The first-order chi connectivity index (χ1) is 11.3. The number of nitrogens with zero attached hydrogens (tertiary/aromatic N) is 4. The first-order valence-corrected chi connectivity index (χ1v) is 8.32. The first-order valence-electron chi connectivity index (χ1n) is 8.32. The number of carbonyl (C=O) groups excluding carboxylic acids is 1. The van der Waals surface area contributed by atoms with Crippen LogP contribution >= 0.6 is 0 Å². The van der Waals surface area contributed by atoms with Crippen molar-refractivity contribution in [1.29, 1.82) is 0 Å². The van der Waals surface area contributed by atoms with Gasteiger partial charge in [-0.1, -0.05) is 0 Å². The van der Waals surface area contributed by atoms with Crippen LogP contribution in [0.5, 0.6) is 0 Å². The van der Waals surface area contributed by atoms with Crippen molar-refractivity contribution in [1.82, 2.24) is 19.6 Å². The number of ether oxygens (including phenoxy) is 1. The van der Waals surface area contributed by atoms with Crippen LogP contribution < -0.4 is 0 Å². The van der Waals surface area contributed by atoms with E-state index in [4.69, 9.17) is 4.74 Å². The second kappa shape index (κ2) is 6.40. The average Bonchev–Trinajstić information content (AvgIpc) is 2.93. The van der Waals surface area contributed by atoms with Crippen LogP contribution in [-0.2, 0) is 11.8 Å². The van der Waals surface area contributed by atoms with E-state index in [9.17, 15) is 13.6 Å². The molecule has 1 aromatic rings. The molecule has 0 N–H and O–H groups in total. The summed E-state index contributed by atoms with van der Waals surface area (Å²) in [6.45, 7) is 5.23. The Kier molecular flexibility index (Phi) is 4.61. The van der Waals surface area contributed by atoms with E-state index in [0.29, 0.717) is 32.0 Å². The van der Waals surface area contributed by atoms with E-state index in [1.54, 1.807) is 22.7 Å². The van der Waals surface area contributed by atoms with Gasteiger partial charge in [0.15, 0.2) is 0 Å². The van der Waals surface area contributed by atoms with Crippen LogP contribution in [0.4, 0.5) is 8.78 Å². The second-order valence-electron chi connectivity index (χ2n) is 6.70. The minimum Gasteiger partial charge on any atom is -0.380 e. The Morgan fingerprint density at radius 1 is 1.46 bits per heavy atom. The van der Waals surface area contributed by atoms with Crippen LogP contribution in [0.25, 0.3) is 0 Å². The highest BCUT2D eigenvalue weighted by Crippen LogP contribution is 2.35. The maximum Gasteiger partial charge on any atom is 0.272 e. The van der Waals surface area contributed by atoms with Gasteiger partial charge >= 0.3 is 0 Å². The van der Waals surface area contributed by atoms with Crippen molar-refractivity contribution >= 4 is 5.91 Å². The van der Waals surface area contributed by atoms with Crippen molar-refractivity contribution in [3.63, 3.8) is 0 Å². The van der Waals surface area contributed by atoms with Gasteiger partial charge in [0, 0.05) is 45.2 Å². The topological polar surface area (TPSA) is 50.6 Å². The SMILES string of the molecule is CCOCC1CC(F)(F)CN1C1CN(C(=O)c2cc(C)nn2C)C1. The minimum atomic E-state index is -2.68. The summed E-state index contributed by atoms with van der Waals surface area (Å²) in [6.07, 6.45) is -0.168. The third kappa shape index (κ3) is 3.30. The summed E-state index contributed by atoms with van der Waals surface area (Å²) in [5.41, 5.74) is 1.32. The molecule has 3 heterocycles. The van der Waals surface area contributed by atoms with Gasteiger partial charge in [0.1, 0.15) is 5.69 Å². The summed E-state index contributed by atoms with van der Waals surface area (Å²) in [4.78, 5) is 16.0. The van der Waals surface area contributed by atoms with Gasteiger partial charge in [-0.15, -0.1) is 0 Å². The molecule has 6 nitrogen and oxygen atoms in total. The molecule has 0 bridgehead atoms. The lowest BCUT2D eigenvalue weighted by Gasteiger charge is -2.45. The highest BCUT2D eigenvalue weighted by atomic mass is 19.3. The van der Waals surface area contributed by atoms with E-state index in [-0.39, 0.29) is 31.0 Å². The predicted octanol–water partition coefficient (Wildman–Crippen LogP) is 1.30. The molecule has 0 aromatic carbocycles. The Balaban J connectivity index is 1.60. The summed E-state index contributed by atoms with van der Waals surface area (Å²) in [5, 5.41) is 4.18. The molecule has 134 valence electrons. The maximum absolute atomic E-state index is 13.8. The van der Waals surface area contributed by atoms with Crippen molar-refractivity contribution in [3.05, 3.63) is 17.5 Å². The fourth-order valence-corrected chi connectivity index (χ4v) is 3.56. The van der Waals surface area contributed by atoms with Crippen molar-refractivity contribution < 1.29 is 18.3 Å². The van der Waals surface area contributed by atoms with Gasteiger partial charge in [0.2, 0.25) is 0 Å². The fourth-order valence-electron chi connectivity index (χ4n) is 3.56. The van der Waals surface area contributed by atoms with Gasteiger partial charge in [-0.25, -0.2) is 8.78 Å². The molecule has 3 rings (SSSR count). The van der Waals surface area contributed by atoms with Crippen molar-refractivity contribution in [2.75, 3.05) is 32.8 Å². The zero-order valence-corrected chi connectivity index (χ0v) is 14.3. The third-order valence-electron chi connectivity index (χ3n) is 4.77. The molecule has 2 aliphatic rings. The molecule has 0 aliphatic carbocycles. The number of aryl methyl sites for hydroxylation is 2. The Morgan fingerprint density at radius 2 is 2.17 bits per heavy atom. The summed E-state index contributed by atoms with van der Waals surface area (Å²) < 4.78 is 34.5. The molecule has 0 saturated carbocycles. The molecule has 1 atom stereocenters. The average molecular weight is 342 g/mol. The van der Waals surface area contributed by atoms with Gasteiger partial charge in [0.05, 0.1) is 18.8 Å². The van der Waals surface area contributed by atoms with Crippen LogP contribution in [0.15, 0.2) is 6.07 Å². The number of hydrogen-bond donors (Lipinski definition) is 0. The van der Waals surface area contributed by atoms with Gasteiger partial charge < -0.3 is 9.64 Å². The number of rotatable bonds is 5. The smallest absolute Gasteiger partial charge is 0.272 e. The zero-order chi connectivity index (χ0) is 17.5. The van der Waals surface area contributed by atoms with Gasteiger partial charge in [-0.05, 0) is 19.9 Å². The van der Waals surface area contributed by atoms with Crippen LogP contribution in [-0.4, -0.2) is 76.3 Å². The van der Waals surface area contributed by atoms with Crippen LogP contribution in [0, 0.1) is 6.92 Å². The number of carbonyl (C=O) groups is 1. The lowest BCUT2D eigenvalue weighted by atomic mass is 10.1. The molecule has 2 aliphatic heterocycles. The van der Waals surface area contributed by atoms with E-state index in [1.165, 1.54) is 0 Å². The fraction of sp³-hybridized carbons (Fsp3) is 0.750. The number of halogens is 2. The highest BCUT2D eigenvalue weighted by Gasteiger charge is 2.50. The molecule has 2 saturated heterocycles. The molecule has 24 heavy (non-hydrogen) atoms. The molecule has 2 fully saturated rings. The molecule has 0 spiro atoms. The molecule has 1 unspecified atom stereocenters. The number of alkyl halides is 2. The number of likely N-dealkylation sites (tertiary alicyclic amines) is 2. The zero-order valence-electron chi connectivity index (χ0n) is 14.3. The van der Waals surface area contributed by atoms with Gasteiger partial charge in [0.25, 0.3) is 11.8 Å². The van der Waals surface area contributed by atoms with E-state index in [0.717, 1.165) is 5.69 Å². The molecule has 1 amide bonds. The minimum absolute atomic E-state index is 0.0258. The lowest BCUT2D eigenvalue weighted by molar-refractivity contribution is -0.0151. The Hall–Kier alpha value is -1.54. The standard InChI is InChI=1S/C16H24F2N4O2/c1-4-24-9-12-6-16(17,18)10-22(12)13-7-21(8-13)15(23)14-5-11(2)19-20(14)3/h5,12-13H,4,6-10H2,1-3H3. The van der Waals surface area contributed by atoms with E-state index in [2.05, 4.69) is 5.10 Å². The quantitative estimate of drug-likeness (QED) is 0.809. The monoisotopic (exact) mass is 342 g/mol. The summed E-state index contributed by atoms with van der Waals surface area (Å²) >= 11 is 0. The molecular weight excluding hydrogens is 318 g/mol. The molecule has 1 aromatic heterocycles. The lowest BCUT2D eigenvalue weighted by Crippen LogP contribution is -2.62. The Bertz CT molecular complexity index is 613. The van der Waals surface area contributed by atoms with E-state index >= 15 is 0 Å². The van der Waals surface area contributed by atoms with E-state index in [1.807, 2.05) is 18.7 Å². The second-order valence-corrected chi connectivity index (χ2v) is 6.70. The summed E-state index contributed by atoms with van der Waals surface area (Å²) in [5.74, 6) is -2.77. The highest BCUT2D eigenvalue weighted by molar-refractivity contribution is 5.93. The molecular formula is C16H24F2N4O2. The van der Waals surface area contributed by atoms with Gasteiger partial charge in [-0.3, -0.25) is 14.4 Å². The number of amides is 1. The third-order valence-corrected chi connectivity index (χ3v) is 4.77. The maximum atomic E-state index is 13.8. The van der Waals surface area contributed by atoms with E-state index < -0.39 is 5.92 Å². The normalized spacial score (nSPS) is 24.4. The molecule has 8 heteroatoms. The summed E-state index contributed by atoms with van der Waals surface area (Å²) in [7, 11) is 1.73. The van der Waals surface area contributed by atoms with Gasteiger partial charge in [-0.2, -0.15) is 5.10 Å². The Labute approximate surface area is 140 Å². The first kappa shape index (κ1) is 17.3. The van der Waals surface area contributed by atoms with Crippen LogP contribution in [0.2, 0.25) is 0 Å².